The number of hydrogen-bond donors (Lipinski definition) is 1. The molecule has 1 aliphatic rings. The number of piperazine rings is 1. The van der Waals surface area contributed by atoms with Crippen molar-refractivity contribution in [1.82, 2.24) is 19.5 Å². The third-order valence-corrected chi connectivity index (χ3v) is 4.29. The Labute approximate surface area is 138 Å². The van der Waals surface area contributed by atoms with Crippen LogP contribution in [0.4, 0.5) is 10.6 Å². The molecule has 0 spiro atoms. The summed E-state index contributed by atoms with van der Waals surface area (Å²) in [5.74, 6) is 0.836. The highest BCUT2D eigenvalue weighted by atomic mass is 16.4. The highest BCUT2D eigenvalue weighted by Crippen LogP contribution is 2.22. The summed E-state index contributed by atoms with van der Waals surface area (Å²) in [7, 11) is 0. The maximum absolute atomic E-state index is 11.0. The van der Waals surface area contributed by atoms with Gasteiger partial charge in [-0.05, 0) is 12.1 Å². The number of rotatable bonds is 2. The highest BCUT2D eigenvalue weighted by Gasteiger charge is 2.21. The SMILES string of the molecule is O=C(O)N1CCN(c2ccc3ncc(-c4ccccc4)n3n2)CC1. The van der Waals surface area contributed by atoms with E-state index in [0.29, 0.717) is 26.2 Å². The molecule has 1 fully saturated rings. The number of imidazole rings is 1. The maximum atomic E-state index is 11.0. The summed E-state index contributed by atoms with van der Waals surface area (Å²) in [5, 5.41) is 13.8. The van der Waals surface area contributed by atoms with E-state index in [1.54, 1.807) is 0 Å². The molecule has 3 aromatic rings. The molecule has 3 heterocycles. The van der Waals surface area contributed by atoms with Crippen LogP contribution in [0.25, 0.3) is 16.9 Å². The highest BCUT2D eigenvalue weighted by molar-refractivity contribution is 5.66. The summed E-state index contributed by atoms with van der Waals surface area (Å²) in [6, 6.07) is 13.9. The normalized spacial score (nSPS) is 15.0. The van der Waals surface area contributed by atoms with Crippen LogP contribution in [-0.2, 0) is 0 Å². The first-order chi connectivity index (χ1) is 11.7. The van der Waals surface area contributed by atoms with E-state index in [0.717, 1.165) is 22.7 Å². The molecule has 24 heavy (non-hydrogen) atoms. The Morgan fingerprint density at radius 3 is 2.46 bits per heavy atom. The zero-order valence-corrected chi connectivity index (χ0v) is 13.0. The predicted molar refractivity (Wildman–Crippen MR) is 90.2 cm³/mol. The largest absolute Gasteiger partial charge is 0.465 e. The van der Waals surface area contributed by atoms with E-state index in [-0.39, 0.29) is 0 Å². The number of amides is 1. The van der Waals surface area contributed by atoms with Crippen LogP contribution >= 0.6 is 0 Å². The van der Waals surface area contributed by atoms with Crippen LogP contribution < -0.4 is 4.90 Å². The van der Waals surface area contributed by atoms with Crippen molar-refractivity contribution in [2.24, 2.45) is 0 Å². The zero-order chi connectivity index (χ0) is 16.5. The number of anilines is 1. The Morgan fingerprint density at radius 2 is 1.75 bits per heavy atom. The minimum atomic E-state index is -0.862. The van der Waals surface area contributed by atoms with E-state index >= 15 is 0 Å². The fourth-order valence-corrected chi connectivity index (χ4v) is 2.96. The molecule has 0 bridgehead atoms. The monoisotopic (exact) mass is 323 g/mol. The first kappa shape index (κ1) is 14.5. The maximum Gasteiger partial charge on any atom is 0.407 e. The van der Waals surface area contributed by atoms with Gasteiger partial charge in [0.05, 0.1) is 11.9 Å². The lowest BCUT2D eigenvalue weighted by Gasteiger charge is -2.33. The summed E-state index contributed by atoms with van der Waals surface area (Å²) in [6.45, 7) is 2.26. The van der Waals surface area contributed by atoms with Crippen molar-refractivity contribution in [3.8, 4) is 11.3 Å². The van der Waals surface area contributed by atoms with Gasteiger partial charge in [-0.25, -0.2) is 14.3 Å². The van der Waals surface area contributed by atoms with Gasteiger partial charge in [-0.15, -0.1) is 5.10 Å². The molecule has 2 aromatic heterocycles. The van der Waals surface area contributed by atoms with E-state index in [2.05, 4.69) is 9.88 Å². The minimum absolute atomic E-state index is 0.491. The first-order valence-corrected chi connectivity index (χ1v) is 7.85. The van der Waals surface area contributed by atoms with Gasteiger partial charge in [-0.1, -0.05) is 30.3 Å². The van der Waals surface area contributed by atoms with Crippen molar-refractivity contribution >= 4 is 17.6 Å². The zero-order valence-electron chi connectivity index (χ0n) is 13.0. The molecule has 1 saturated heterocycles. The minimum Gasteiger partial charge on any atom is -0.465 e. The molecule has 0 radical (unpaired) electrons. The molecule has 0 atom stereocenters. The molecule has 1 N–H and O–H groups in total. The third kappa shape index (κ3) is 2.54. The lowest BCUT2D eigenvalue weighted by atomic mass is 10.2. The van der Waals surface area contributed by atoms with Gasteiger partial charge in [0.25, 0.3) is 0 Å². The summed E-state index contributed by atoms with van der Waals surface area (Å²) in [4.78, 5) is 19.0. The van der Waals surface area contributed by atoms with E-state index in [1.807, 2.05) is 53.2 Å². The second kappa shape index (κ2) is 5.84. The quantitative estimate of drug-likeness (QED) is 0.782. The molecule has 1 aliphatic heterocycles. The average Bonchev–Trinajstić information content (AvgIpc) is 3.05. The van der Waals surface area contributed by atoms with Gasteiger partial charge in [-0.3, -0.25) is 0 Å². The lowest BCUT2D eigenvalue weighted by molar-refractivity contribution is 0.142. The summed E-state index contributed by atoms with van der Waals surface area (Å²) in [5.41, 5.74) is 2.80. The average molecular weight is 323 g/mol. The summed E-state index contributed by atoms with van der Waals surface area (Å²) >= 11 is 0. The second-order valence-electron chi connectivity index (χ2n) is 5.73. The fourth-order valence-electron chi connectivity index (χ4n) is 2.96. The molecule has 0 aliphatic carbocycles. The summed E-state index contributed by atoms with van der Waals surface area (Å²) < 4.78 is 1.84. The van der Waals surface area contributed by atoms with Crippen LogP contribution in [0.15, 0.2) is 48.7 Å². The Hall–Kier alpha value is -3.09. The van der Waals surface area contributed by atoms with Gasteiger partial charge in [0.2, 0.25) is 0 Å². The van der Waals surface area contributed by atoms with Crippen LogP contribution in [0, 0.1) is 0 Å². The van der Waals surface area contributed by atoms with Gasteiger partial charge in [-0.2, -0.15) is 0 Å². The molecule has 122 valence electrons. The van der Waals surface area contributed by atoms with Gasteiger partial charge < -0.3 is 14.9 Å². The Morgan fingerprint density at radius 1 is 1.00 bits per heavy atom. The van der Waals surface area contributed by atoms with Crippen molar-refractivity contribution in [3.05, 3.63) is 48.7 Å². The second-order valence-corrected chi connectivity index (χ2v) is 5.73. The standard InChI is InChI=1S/C17H17N5O2/c23-17(24)21-10-8-20(9-11-21)16-7-6-15-18-12-14(22(15)19-16)13-4-2-1-3-5-13/h1-7,12H,8-11H2,(H,23,24). The molecular formula is C17H17N5O2. The van der Waals surface area contributed by atoms with Crippen molar-refractivity contribution < 1.29 is 9.90 Å². The molecule has 7 nitrogen and oxygen atoms in total. The van der Waals surface area contributed by atoms with E-state index in [1.165, 1.54) is 4.90 Å². The van der Waals surface area contributed by atoms with Crippen molar-refractivity contribution in [3.63, 3.8) is 0 Å². The van der Waals surface area contributed by atoms with E-state index < -0.39 is 6.09 Å². The first-order valence-electron chi connectivity index (χ1n) is 7.85. The number of nitrogens with zero attached hydrogens (tertiary/aromatic N) is 5. The van der Waals surface area contributed by atoms with Crippen LogP contribution in [0.1, 0.15) is 0 Å². The number of carbonyl (C=O) groups is 1. The van der Waals surface area contributed by atoms with E-state index in [9.17, 15) is 4.79 Å². The molecular weight excluding hydrogens is 306 g/mol. The molecule has 1 aromatic carbocycles. The van der Waals surface area contributed by atoms with Gasteiger partial charge in [0.15, 0.2) is 5.65 Å². The number of benzene rings is 1. The van der Waals surface area contributed by atoms with Crippen LogP contribution in [0.2, 0.25) is 0 Å². The number of hydrogen-bond acceptors (Lipinski definition) is 4. The molecule has 0 saturated carbocycles. The van der Waals surface area contributed by atoms with Gasteiger partial charge in [0.1, 0.15) is 5.82 Å². The Bertz CT molecular complexity index is 869. The van der Waals surface area contributed by atoms with Crippen molar-refractivity contribution in [2.75, 3.05) is 31.1 Å². The Kier molecular flexibility index (Phi) is 3.53. The molecule has 7 heteroatoms. The van der Waals surface area contributed by atoms with Gasteiger partial charge in [0, 0.05) is 31.7 Å². The molecule has 0 unspecified atom stereocenters. The Balaban J connectivity index is 1.65. The smallest absolute Gasteiger partial charge is 0.407 e. The number of carboxylic acid groups (broad SMARTS) is 1. The van der Waals surface area contributed by atoms with E-state index in [4.69, 9.17) is 10.2 Å². The van der Waals surface area contributed by atoms with Gasteiger partial charge >= 0.3 is 6.09 Å². The number of fused-ring (bicyclic) bond motifs is 1. The number of aromatic nitrogens is 3. The lowest BCUT2D eigenvalue weighted by Crippen LogP contribution is -2.48. The third-order valence-electron chi connectivity index (χ3n) is 4.29. The summed E-state index contributed by atoms with van der Waals surface area (Å²) in [6.07, 6.45) is 0.961. The molecule has 4 rings (SSSR count). The van der Waals surface area contributed by atoms with Crippen LogP contribution in [0.3, 0.4) is 0 Å². The fraction of sp³-hybridized carbons (Fsp3) is 0.235. The topological polar surface area (TPSA) is 74.0 Å². The van der Waals surface area contributed by atoms with Crippen LogP contribution in [0.5, 0.6) is 0 Å². The molecule has 1 amide bonds. The van der Waals surface area contributed by atoms with Crippen molar-refractivity contribution in [2.45, 2.75) is 0 Å². The van der Waals surface area contributed by atoms with Crippen LogP contribution in [-0.4, -0.2) is 56.9 Å². The predicted octanol–water partition coefficient (Wildman–Crippen LogP) is 2.20. The van der Waals surface area contributed by atoms with Crippen molar-refractivity contribution in [1.29, 1.82) is 0 Å².